The van der Waals surface area contributed by atoms with Crippen LogP contribution in [0.1, 0.15) is 43.3 Å². The Morgan fingerprint density at radius 3 is 2.43 bits per heavy atom. The molecule has 3 aromatic heterocycles. The minimum absolute atomic E-state index is 0.0161. The van der Waals surface area contributed by atoms with Crippen LogP contribution in [-0.2, 0) is 0 Å². The molecule has 0 aliphatic carbocycles. The van der Waals surface area contributed by atoms with E-state index in [2.05, 4.69) is 0 Å². The molecule has 0 atom stereocenters. The van der Waals surface area contributed by atoms with E-state index in [0.717, 1.165) is 5.52 Å². The van der Waals surface area contributed by atoms with Gasteiger partial charge in [-0.2, -0.15) is 5.26 Å². The number of ketones is 2. The number of furan rings is 1. The first-order valence-electron chi connectivity index (χ1n) is 9.43. The quantitative estimate of drug-likeness (QED) is 0.266. The van der Waals surface area contributed by atoms with E-state index in [0.29, 0.717) is 33.7 Å². The number of hydrogen-bond donors (Lipinski definition) is 0. The number of carbonyl (C=O) groups is 2. The molecule has 5 heteroatoms. The minimum Gasteiger partial charge on any atom is -0.469 e. The number of aryl methyl sites for hydroxylation is 1. The molecule has 30 heavy (non-hydrogen) atoms. The Kier molecular flexibility index (Phi) is 4.91. The Balaban J connectivity index is 1.90. The molecule has 0 unspecified atom stereocenters. The molecule has 0 radical (unpaired) electrons. The van der Waals surface area contributed by atoms with E-state index in [9.17, 15) is 14.9 Å². The summed E-state index contributed by atoms with van der Waals surface area (Å²) in [6.07, 6.45) is 4.79. The number of benzene rings is 1. The summed E-state index contributed by atoms with van der Waals surface area (Å²) in [6, 6.07) is 18.2. The van der Waals surface area contributed by atoms with Crippen molar-refractivity contribution in [3.05, 3.63) is 106 Å². The fourth-order valence-corrected chi connectivity index (χ4v) is 3.60. The van der Waals surface area contributed by atoms with Gasteiger partial charge in [0.25, 0.3) is 0 Å². The van der Waals surface area contributed by atoms with Crippen LogP contribution in [0.4, 0.5) is 0 Å². The van der Waals surface area contributed by atoms with Crippen molar-refractivity contribution >= 4 is 23.2 Å². The molecule has 0 aliphatic rings. The van der Waals surface area contributed by atoms with Gasteiger partial charge in [0.1, 0.15) is 17.4 Å². The zero-order chi connectivity index (χ0) is 21.3. The van der Waals surface area contributed by atoms with Gasteiger partial charge in [-0.05, 0) is 43.7 Å². The van der Waals surface area contributed by atoms with Gasteiger partial charge in [-0.25, -0.2) is 0 Å². The number of nitrogens with zero attached hydrogens (tertiary/aromatic N) is 2. The van der Waals surface area contributed by atoms with Crippen molar-refractivity contribution in [1.82, 2.24) is 4.40 Å². The first-order valence-corrected chi connectivity index (χ1v) is 9.43. The van der Waals surface area contributed by atoms with Crippen molar-refractivity contribution in [2.24, 2.45) is 0 Å². The molecule has 5 nitrogen and oxygen atoms in total. The Morgan fingerprint density at radius 1 is 1.03 bits per heavy atom. The average molecular weight is 394 g/mol. The number of nitriles is 1. The summed E-state index contributed by atoms with van der Waals surface area (Å²) in [6.45, 7) is 3.51. The van der Waals surface area contributed by atoms with Gasteiger partial charge in [0.05, 0.1) is 23.0 Å². The van der Waals surface area contributed by atoms with Crippen LogP contribution in [0.5, 0.6) is 0 Å². The number of carbonyl (C=O) groups excluding carboxylic acids is 2. The molecular weight excluding hydrogens is 376 g/mol. The third kappa shape index (κ3) is 3.15. The monoisotopic (exact) mass is 394 g/mol. The highest BCUT2D eigenvalue weighted by molar-refractivity contribution is 6.16. The molecular formula is C25H18N2O3. The van der Waals surface area contributed by atoms with Crippen molar-refractivity contribution in [2.45, 2.75) is 13.8 Å². The third-order valence-electron chi connectivity index (χ3n) is 5.14. The summed E-state index contributed by atoms with van der Waals surface area (Å²) in [4.78, 5) is 26.1. The number of hydrogen-bond acceptors (Lipinski definition) is 4. The van der Waals surface area contributed by atoms with E-state index < -0.39 is 5.78 Å². The second-order valence-electron chi connectivity index (χ2n) is 6.93. The predicted octanol–water partition coefficient (Wildman–Crippen LogP) is 5.17. The van der Waals surface area contributed by atoms with Crippen LogP contribution in [-0.4, -0.2) is 16.0 Å². The molecule has 0 aliphatic heterocycles. The maximum atomic E-state index is 13.2. The third-order valence-corrected chi connectivity index (χ3v) is 5.14. The highest BCUT2D eigenvalue weighted by atomic mass is 16.3. The molecule has 146 valence electrons. The van der Waals surface area contributed by atoms with Crippen LogP contribution < -0.4 is 0 Å². The lowest BCUT2D eigenvalue weighted by Crippen LogP contribution is -2.06. The van der Waals surface area contributed by atoms with Crippen LogP contribution in [0.2, 0.25) is 0 Å². The van der Waals surface area contributed by atoms with Gasteiger partial charge in [0.2, 0.25) is 11.6 Å². The summed E-state index contributed by atoms with van der Waals surface area (Å²) in [5.41, 5.74) is 3.54. The Labute approximate surface area is 173 Å². The molecule has 0 spiro atoms. The van der Waals surface area contributed by atoms with E-state index >= 15 is 0 Å². The molecule has 0 saturated carbocycles. The summed E-state index contributed by atoms with van der Waals surface area (Å²) < 4.78 is 7.01. The van der Waals surface area contributed by atoms with Gasteiger partial charge in [0.15, 0.2) is 0 Å². The van der Waals surface area contributed by atoms with Gasteiger partial charge < -0.3 is 8.82 Å². The topological polar surface area (TPSA) is 75.5 Å². The normalized spacial score (nSPS) is 11.4. The predicted molar refractivity (Wildman–Crippen MR) is 113 cm³/mol. The smallest absolute Gasteiger partial charge is 0.210 e. The number of aromatic nitrogens is 1. The summed E-state index contributed by atoms with van der Waals surface area (Å²) in [5, 5.41) is 9.66. The molecule has 0 amide bonds. The highest BCUT2D eigenvalue weighted by Crippen LogP contribution is 2.28. The molecule has 1 aromatic carbocycles. The lowest BCUT2D eigenvalue weighted by molar-refractivity contribution is 0.102. The minimum atomic E-state index is -0.408. The average Bonchev–Trinajstić information content (AvgIpc) is 3.32. The zero-order valence-electron chi connectivity index (χ0n) is 16.5. The second kappa shape index (κ2) is 7.69. The van der Waals surface area contributed by atoms with Gasteiger partial charge >= 0.3 is 0 Å². The fourth-order valence-electron chi connectivity index (χ4n) is 3.60. The molecule has 0 N–H and O–H groups in total. The number of allylic oxidation sites excluding steroid dienone is 1. The maximum Gasteiger partial charge on any atom is 0.210 e. The highest BCUT2D eigenvalue weighted by Gasteiger charge is 2.23. The largest absolute Gasteiger partial charge is 0.469 e. The Morgan fingerprint density at radius 2 is 1.77 bits per heavy atom. The van der Waals surface area contributed by atoms with Crippen molar-refractivity contribution in [1.29, 1.82) is 5.26 Å². The standard InChI is InChI=1S/C25H18N2O3/c1-16-21(14-19(15-26)24(28)20-11-13-30-17(20)2)22-10-6-7-12-27(22)23(16)25(29)18-8-4-3-5-9-18/h3-14H,1-2H3/b19-14+. The zero-order valence-corrected chi connectivity index (χ0v) is 16.5. The van der Waals surface area contributed by atoms with Crippen LogP contribution in [0.3, 0.4) is 0 Å². The summed E-state index contributed by atoms with van der Waals surface area (Å²) >= 11 is 0. The van der Waals surface area contributed by atoms with Crippen LogP contribution >= 0.6 is 0 Å². The van der Waals surface area contributed by atoms with Gasteiger partial charge in [-0.15, -0.1) is 0 Å². The van der Waals surface area contributed by atoms with Crippen molar-refractivity contribution < 1.29 is 14.0 Å². The van der Waals surface area contributed by atoms with Crippen molar-refractivity contribution in [3.8, 4) is 6.07 Å². The van der Waals surface area contributed by atoms with Gasteiger partial charge in [-0.3, -0.25) is 9.59 Å². The fraction of sp³-hybridized carbons (Fsp3) is 0.0800. The molecule has 4 aromatic rings. The van der Waals surface area contributed by atoms with Crippen LogP contribution in [0.15, 0.2) is 77.0 Å². The van der Waals surface area contributed by atoms with E-state index in [-0.39, 0.29) is 11.4 Å². The number of rotatable bonds is 5. The lowest BCUT2D eigenvalue weighted by Gasteiger charge is -2.03. The van der Waals surface area contributed by atoms with Crippen LogP contribution in [0, 0.1) is 25.2 Å². The van der Waals surface area contributed by atoms with E-state index in [4.69, 9.17) is 4.42 Å². The first kappa shape index (κ1) is 19.2. The van der Waals surface area contributed by atoms with Gasteiger partial charge in [-0.1, -0.05) is 36.4 Å². The maximum absolute atomic E-state index is 13.2. The van der Waals surface area contributed by atoms with E-state index in [1.165, 1.54) is 6.26 Å². The number of pyridine rings is 1. The van der Waals surface area contributed by atoms with Crippen LogP contribution in [0.25, 0.3) is 11.6 Å². The van der Waals surface area contributed by atoms with E-state index in [1.54, 1.807) is 35.6 Å². The lowest BCUT2D eigenvalue weighted by atomic mass is 9.99. The Hall–Kier alpha value is -4.17. The van der Waals surface area contributed by atoms with Crippen molar-refractivity contribution in [3.63, 3.8) is 0 Å². The SMILES string of the molecule is Cc1occc1C(=O)/C(C#N)=C/c1c(C)c(C(=O)c2ccccc2)n2ccccc12. The first-order chi connectivity index (χ1) is 14.5. The molecule has 0 bridgehead atoms. The molecule has 4 rings (SSSR count). The number of fused-ring (bicyclic) bond motifs is 1. The van der Waals surface area contributed by atoms with Crippen molar-refractivity contribution in [2.75, 3.05) is 0 Å². The molecule has 0 saturated heterocycles. The second-order valence-corrected chi connectivity index (χ2v) is 6.93. The summed E-state index contributed by atoms with van der Waals surface area (Å²) in [7, 11) is 0. The number of Topliss-reactive ketones (excluding diaryl/α,β-unsaturated/α-hetero) is 1. The summed E-state index contributed by atoms with van der Waals surface area (Å²) in [5.74, 6) is -0.0709. The van der Waals surface area contributed by atoms with E-state index in [1.807, 2.05) is 55.6 Å². The molecule has 0 fully saturated rings. The Bertz CT molecular complexity index is 1350. The van der Waals surface area contributed by atoms with Gasteiger partial charge in [0, 0.05) is 17.3 Å². The molecule has 3 heterocycles.